The first-order valence-corrected chi connectivity index (χ1v) is 8.46. The summed E-state index contributed by atoms with van der Waals surface area (Å²) in [7, 11) is 1.70. The largest absolute Gasteiger partial charge is 0.496 e. The SMILES string of the molecule is CCC1(CNC(C)c2ccc(OC)c(Br)c2)CCCC1. The maximum atomic E-state index is 5.29. The Balaban J connectivity index is 1.97. The van der Waals surface area contributed by atoms with Gasteiger partial charge in [0.2, 0.25) is 0 Å². The summed E-state index contributed by atoms with van der Waals surface area (Å²) in [5, 5.41) is 3.74. The van der Waals surface area contributed by atoms with Crippen LogP contribution in [0.3, 0.4) is 0 Å². The van der Waals surface area contributed by atoms with Crippen molar-refractivity contribution in [2.24, 2.45) is 5.41 Å². The van der Waals surface area contributed by atoms with Gasteiger partial charge >= 0.3 is 0 Å². The molecule has 0 heterocycles. The smallest absolute Gasteiger partial charge is 0.133 e. The van der Waals surface area contributed by atoms with Gasteiger partial charge < -0.3 is 10.1 Å². The molecule has 1 aromatic carbocycles. The number of methoxy groups -OCH3 is 1. The van der Waals surface area contributed by atoms with Gasteiger partial charge in [-0.1, -0.05) is 25.8 Å². The number of benzene rings is 1. The van der Waals surface area contributed by atoms with Crippen LogP contribution in [0.5, 0.6) is 5.75 Å². The summed E-state index contributed by atoms with van der Waals surface area (Å²) >= 11 is 3.56. The van der Waals surface area contributed by atoms with Crippen LogP contribution in [0, 0.1) is 5.41 Å². The van der Waals surface area contributed by atoms with E-state index in [0.29, 0.717) is 11.5 Å². The summed E-state index contributed by atoms with van der Waals surface area (Å²) < 4.78 is 6.31. The summed E-state index contributed by atoms with van der Waals surface area (Å²) in [5.74, 6) is 0.891. The summed E-state index contributed by atoms with van der Waals surface area (Å²) in [6.45, 7) is 5.71. The molecule has 3 heteroatoms. The lowest BCUT2D eigenvalue weighted by Gasteiger charge is -2.30. The Morgan fingerprint density at radius 2 is 2.05 bits per heavy atom. The quantitative estimate of drug-likeness (QED) is 0.780. The Bertz CT molecular complexity index is 441. The highest BCUT2D eigenvalue weighted by molar-refractivity contribution is 9.10. The molecule has 0 radical (unpaired) electrons. The Labute approximate surface area is 131 Å². The molecule has 2 rings (SSSR count). The van der Waals surface area contributed by atoms with Gasteiger partial charge in [0.25, 0.3) is 0 Å². The normalized spacial score (nSPS) is 19.0. The summed E-state index contributed by atoms with van der Waals surface area (Å²) in [6.07, 6.45) is 6.86. The Hall–Kier alpha value is -0.540. The molecule has 2 nitrogen and oxygen atoms in total. The lowest BCUT2D eigenvalue weighted by molar-refractivity contribution is 0.259. The van der Waals surface area contributed by atoms with E-state index in [1.54, 1.807) is 7.11 Å². The number of hydrogen-bond donors (Lipinski definition) is 1. The molecule has 1 fully saturated rings. The van der Waals surface area contributed by atoms with Crippen molar-refractivity contribution in [2.45, 2.75) is 52.0 Å². The first-order valence-electron chi connectivity index (χ1n) is 7.67. The Morgan fingerprint density at radius 1 is 1.35 bits per heavy atom. The molecule has 0 bridgehead atoms. The van der Waals surface area contributed by atoms with Crippen LogP contribution in [0.1, 0.15) is 57.6 Å². The summed E-state index contributed by atoms with van der Waals surface area (Å²) in [6, 6.07) is 6.71. The maximum absolute atomic E-state index is 5.29. The molecule has 112 valence electrons. The molecule has 1 aliphatic rings. The van der Waals surface area contributed by atoms with E-state index >= 15 is 0 Å². The number of ether oxygens (including phenoxy) is 1. The topological polar surface area (TPSA) is 21.3 Å². The molecule has 1 aromatic rings. The molecule has 0 saturated heterocycles. The van der Waals surface area contributed by atoms with Crippen LogP contribution in [0.15, 0.2) is 22.7 Å². The van der Waals surface area contributed by atoms with Crippen molar-refractivity contribution in [1.29, 1.82) is 0 Å². The molecule has 0 spiro atoms. The summed E-state index contributed by atoms with van der Waals surface area (Å²) in [4.78, 5) is 0. The highest BCUT2D eigenvalue weighted by Crippen LogP contribution is 2.40. The van der Waals surface area contributed by atoms with Crippen LogP contribution in [0.2, 0.25) is 0 Å². The van der Waals surface area contributed by atoms with Crippen molar-refractivity contribution in [3.63, 3.8) is 0 Å². The first kappa shape index (κ1) is 15.8. The molecular formula is C17H26BrNO. The fourth-order valence-electron chi connectivity index (χ4n) is 3.22. The zero-order valence-electron chi connectivity index (χ0n) is 12.8. The van der Waals surface area contributed by atoms with E-state index in [-0.39, 0.29) is 0 Å². The summed E-state index contributed by atoms with van der Waals surface area (Å²) in [5.41, 5.74) is 1.85. The third-order valence-corrected chi connectivity index (χ3v) is 5.49. The monoisotopic (exact) mass is 339 g/mol. The van der Waals surface area contributed by atoms with Gasteiger partial charge in [0.05, 0.1) is 11.6 Å². The minimum Gasteiger partial charge on any atom is -0.496 e. The molecule has 0 aliphatic heterocycles. The lowest BCUT2D eigenvalue weighted by Crippen LogP contribution is -2.33. The highest BCUT2D eigenvalue weighted by Gasteiger charge is 2.31. The van der Waals surface area contributed by atoms with Gasteiger partial charge in [0.15, 0.2) is 0 Å². The molecule has 1 N–H and O–H groups in total. The molecule has 1 aliphatic carbocycles. The highest BCUT2D eigenvalue weighted by atomic mass is 79.9. The second-order valence-electron chi connectivity index (χ2n) is 6.06. The van der Waals surface area contributed by atoms with Gasteiger partial charge in [0, 0.05) is 12.6 Å². The van der Waals surface area contributed by atoms with Crippen molar-refractivity contribution < 1.29 is 4.74 Å². The average Bonchev–Trinajstić information content (AvgIpc) is 2.94. The molecule has 1 saturated carbocycles. The number of rotatable bonds is 6. The lowest BCUT2D eigenvalue weighted by atomic mass is 9.83. The van der Waals surface area contributed by atoms with E-state index in [9.17, 15) is 0 Å². The van der Waals surface area contributed by atoms with E-state index < -0.39 is 0 Å². The van der Waals surface area contributed by atoms with E-state index in [0.717, 1.165) is 16.8 Å². The fourth-order valence-corrected chi connectivity index (χ4v) is 3.78. The van der Waals surface area contributed by atoms with Gasteiger partial charge in [-0.05, 0) is 65.2 Å². The van der Waals surface area contributed by atoms with Crippen LogP contribution >= 0.6 is 15.9 Å². The van der Waals surface area contributed by atoms with Crippen LogP contribution in [-0.2, 0) is 0 Å². The predicted molar refractivity (Wildman–Crippen MR) is 88.3 cm³/mol. The zero-order valence-corrected chi connectivity index (χ0v) is 14.4. The standard InChI is InChI=1S/C17H26BrNO/c1-4-17(9-5-6-10-17)12-19-13(2)14-7-8-16(20-3)15(18)11-14/h7-8,11,13,19H,4-6,9-10,12H2,1-3H3. The zero-order chi connectivity index (χ0) is 14.6. The first-order chi connectivity index (χ1) is 9.60. The van der Waals surface area contributed by atoms with Gasteiger partial charge in [-0.2, -0.15) is 0 Å². The van der Waals surface area contributed by atoms with E-state index in [1.165, 1.54) is 37.7 Å². The second kappa shape index (κ2) is 6.95. The van der Waals surface area contributed by atoms with E-state index in [2.05, 4.69) is 47.2 Å². The number of halogens is 1. The van der Waals surface area contributed by atoms with E-state index in [4.69, 9.17) is 4.74 Å². The fraction of sp³-hybridized carbons (Fsp3) is 0.647. The average molecular weight is 340 g/mol. The van der Waals surface area contributed by atoms with Gasteiger partial charge in [-0.15, -0.1) is 0 Å². The van der Waals surface area contributed by atoms with E-state index in [1.807, 2.05) is 6.07 Å². The molecular weight excluding hydrogens is 314 g/mol. The maximum Gasteiger partial charge on any atom is 0.133 e. The number of nitrogens with one attached hydrogen (secondary N) is 1. The van der Waals surface area contributed by atoms with Gasteiger partial charge in [-0.25, -0.2) is 0 Å². The molecule has 0 aromatic heterocycles. The third kappa shape index (κ3) is 3.56. The second-order valence-corrected chi connectivity index (χ2v) is 6.91. The minimum absolute atomic E-state index is 0.376. The Morgan fingerprint density at radius 3 is 2.60 bits per heavy atom. The molecule has 1 atom stereocenters. The molecule has 0 amide bonds. The van der Waals surface area contributed by atoms with Crippen molar-refractivity contribution in [3.05, 3.63) is 28.2 Å². The predicted octanol–water partition coefficient (Wildman–Crippen LogP) is 5.08. The van der Waals surface area contributed by atoms with Crippen LogP contribution in [-0.4, -0.2) is 13.7 Å². The van der Waals surface area contributed by atoms with Crippen LogP contribution in [0.25, 0.3) is 0 Å². The molecule has 1 unspecified atom stereocenters. The van der Waals surface area contributed by atoms with Gasteiger partial charge in [-0.3, -0.25) is 0 Å². The van der Waals surface area contributed by atoms with Crippen molar-refractivity contribution >= 4 is 15.9 Å². The minimum atomic E-state index is 0.376. The molecule has 20 heavy (non-hydrogen) atoms. The Kier molecular flexibility index (Phi) is 5.50. The van der Waals surface area contributed by atoms with Crippen molar-refractivity contribution in [2.75, 3.05) is 13.7 Å². The number of hydrogen-bond acceptors (Lipinski definition) is 2. The van der Waals surface area contributed by atoms with Crippen molar-refractivity contribution in [1.82, 2.24) is 5.32 Å². The van der Waals surface area contributed by atoms with Crippen LogP contribution < -0.4 is 10.1 Å². The van der Waals surface area contributed by atoms with Crippen molar-refractivity contribution in [3.8, 4) is 5.75 Å². The third-order valence-electron chi connectivity index (χ3n) is 4.87. The van der Waals surface area contributed by atoms with Gasteiger partial charge in [0.1, 0.15) is 5.75 Å². The van der Waals surface area contributed by atoms with Crippen LogP contribution in [0.4, 0.5) is 0 Å².